The van der Waals surface area contributed by atoms with E-state index in [1.807, 2.05) is 12.1 Å². The van der Waals surface area contributed by atoms with Crippen LogP contribution in [0.15, 0.2) is 47.4 Å². The highest BCUT2D eigenvalue weighted by molar-refractivity contribution is 6.30. The van der Waals surface area contributed by atoms with Crippen molar-refractivity contribution in [2.24, 2.45) is 0 Å². The molecule has 1 aromatic carbocycles. The van der Waals surface area contributed by atoms with Crippen molar-refractivity contribution in [3.63, 3.8) is 0 Å². The normalized spacial score (nSPS) is 10.4. The fourth-order valence-electron chi connectivity index (χ4n) is 1.73. The average molecular weight is 278 g/mol. The van der Waals surface area contributed by atoms with Gasteiger partial charge in [-0.3, -0.25) is 4.79 Å². The molecule has 0 amide bonds. The van der Waals surface area contributed by atoms with Crippen molar-refractivity contribution < 1.29 is 9.90 Å². The summed E-state index contributed by atoms with van der Waals surface area (Å²) in [6, 6.07) is 9.91. The van der Waals surface area contributed by atoms with Gasteiger partial charge in [0.05, 0.1) is 5.56 Å². The van der Waals surface area contributed by atoms with Crippen molar-refractivity contribution in [1.82, 2.24) is 4.57 Å². The van der Waals surface area contributed by atoms with Crippen molar-refractivity contribution in [1.29, 1.82) is 0 Å². The summed E-state index contributed by atoms with van der Waals surface area (Å²) in [5, 5.41) is 9.55. The molecule has 4 nitrogen and oxygen atoms in total. The van der Waals surface area contributed by atoms with Crippen molar-refractivity contribution in [2.75, 3.05) is 0 Å². The fraction of sp³-hybridized carbons (Fsp3) is 0.143. The summed E-state index contributed by atoms with van der Waals surface area (Å²) in [4.78, 5) is 22.5. The molecule has 0 fully saturated rings. The van der Waals surface area contributed by atoms with Crippen molar-refractivity contribution >= 4 is 17.6 Å². The molecule has 2 rings (SSSR count). The average Bonchev–Trinajstić information content (AvgIpc) is 2.39. The Kier molecular flexibility index (Phi) is 4.02. The van der Waals surface area contributed by atoms with Crippen molar-refractivity contribution in [3.05, 3.63) is 69.1 Å². The zero-order valence-corrected chi connectivity index (χ0v) is 10.8. The molecule has 0 atom stereocenters. The number of carbonyl (C=O) groups is 1. The molecular formula is C14H12ClNO3. The number of hydrogen-bond acceptors (Lipinski definition) is 2. The van der Waals surface area contributed by atoms with Crippen LogP contribution in [0.2, 0.25) is 5.02 Å². The standard InChI is InChI=1S/C14H12ClNO3/c15-12-4-1-10(2-5-12)7-8-16-9-11(14(18)19)3-6-13(16)17/h1-6,9H,7-8H2,(H,18,19). The SMILES string of the molecule is O=C(O)c1ccc(=O)n(CCc2ccc(Cl)cc2)c1. The van der Waals surface area contributed by atoms with Crippen LogP contribution in [0.3, 0.4) is 0 Å². The molecule has 2 aromatic rings. The van der Waals surface area contributed by atoms with E-state index in [0.29, 0.717) is 18.0 Å². The largest absolute Gasteiger partial charge is 0.478 e. The zero-order valence-electron chi connectivity index (χ0n) is 10.0. The van der Waals surface area contributed by atoms with Gasteiger partial charge < -0.3 is 9.67 Å². The smallest absolute Gasteiger partial charge is 0.337 e. The number of rotatable bonds is 4. The highest BCUT2D eigenvalue weighted by Gasteiger charge is 2.05. The van der Waals surface area contributed by atoms with Gasteiger partial charge in [0.25, 0.3) is 5.56 Å². The molecule has 0 saturated heterocycles. The Morgan fingerprint density at radius 3 is 2.47 bits per heavy atom. The zero-order chi connectivity index (χ0) is 13.8. The van der Waals surface area contributed by atoms with Gasteiger partial charge in [0, 0.05) is 23.8 Å². The Morgan fingerprint density at radius 2 is 1.84 bits per heavy atom. The summed E-state index contributed by atoms with van der Waals surface area (Å²) >= 11 is 5.79. The first-order valence-corrected chi connectivity index (χ1v) is 6.12. The lowest BCUT2D eigenvalue weighted by molar-refractivity contribution is 0.0696. The van der Waals surface area contributed by atoms with Crippen LogP contribution in [-0.2, 0) is 13.0 Å². The Hall–Kier alpha value is -2.07. The molecule has 0 aliphatic heterocycles. The fourth-order valence-corrected chi connectivity index (χ4v) is 1.86. The van der Waals surface area contributed by atoms with Gasteiger partial charge in [0.2, 0.25) is 0 Å². The Bertz CT molecular complexity index is 646. The quantitative estimate of drug-likeness (QED) is 0.934. The number of nitrogens with zero attached hydrogens (tertiary/aromatic N) is 1. The van der Waals surface area contributed by atoms with Gasteiger partial charge in [-0.25, -0.2) is 4.79 Å². The molecule has 5 heteroatoms. The lowest BCUT2D eigenvalue weighted by Gasteiger charge is -2.06. The monoisotopic (exact) mass is 277 g/mol. The van der Waals surface area contributed by atoms with E-state index in [2.05, 4.69) is 0 Å². The first kappa shape index (κ1) is 13.4. The van der Waals surface area contributed by atoms with Gasteiger partial charge in [-0.2, -0.15) is 0 Å². The summed E-state index contributed by atoms with van der Waals surface area (Å²) in [5.41, 5.74) is 0.937. The molecule has 19 heavy (non-hydrogen) atoms. The van der Waals surface area contributed by atoms with E-state index >= 15 is 0 Å². The van der Waals surface area contributed by atoms with E-state index in [9.17, 15) is 9.59 Å². The third-order valence-electron chi connectivity index (χ3n) is 2.79. The van der Waals surface area contributed by atoms with Crippen LogP contribution in [0.25, 0.3) is 0 Å². The second-order valence-electron chi connectivity index (χ2n) is 4.13. The van der Waals surface area contributed by atoms with Gasteiger partial charge in [-0.05, 0) is 30.2 Å². The molecule has 98 valence electrons. The number of pyridine rings is 1. The third-order valence-corrected chi connectivity index (χ3v) is 3.04. The van der Waals surface area contributed by atoms with Crippen molar-refractivity contribution in [3.8, 4) is 0 Å². The topological polar surface area (TPSA) is 59.3 Å². The summed E-state index contributed by atoms with van der Waals surface area (Å²) in [6.07, 6.45) is 2.00. The summed E-state index contributed by atoms with van der Waals surface area (Å²) in [6.45, 7) is 0.432. The van der Waals surface area contributed by atoms with Gasteiger partial charge in [-0.15, -0.1) is 0 Å². The van der Waals surface area contributed by atoms with Crippen LogP contribution in [0.4, 0.5) is 0 Å². The van der Waals surface area contributed by atoms with Gasteiger partial charge in [0.15, 0.2) is 0 Å². The minimum atomic E-state index is -1.04. The molecule has 1 N–H and O–H groups in total. The first-order chi connectivity index (χ1) is 9.06. The number of aromatic carboxylic acids is 1. The van der Waals surface area contributed by atoms with Gasteiger partial charge in [0.1, 0.15) is 0 Å². The maximum atomic E-state index is 11.6. The predicted octanol–water partition coefficient (Wildman–Crippen LogP) is 2.44. The number of aryl methyl sites for hydroxylation is 2. The summed E-state index contributed by atoms with van der Waals surface area (Å²) in [5.74, 6) is -1.04. The van der Waals surface area contributed by atoms with Gasteiger partial charge in [-0.1, -0.05) is 23.7 Å². The van der Waals surface area contributed by atoms with E-state index in [0.717, 1.165) is 5.56 Å². The van der Waals surface area contributed by atoms with E-state index in [1.165, 1.54) is 22.9 Å². The number of aromatic nitrogens is 1. The van der Waals surface area contributed by atoms with Crippen molar-refractivity contribution in [2.45, 2.75) is 13.0 Å². The number of carboxylic acids is 1. The Labute approximate surface area is 114 Å². The molecule has 0 unspecified atom stereocenters. The molecule has 1 aromatic heterocycles. The highest BCUT2D eigenvalue weighted by atomic mass is 35.5. The van der Waals surface area contributed by atoms with E-state index < -0.39 is 5.97 Å². The first-order valence-electron chi connectivity index (χ1n) is 5.74. The summed E-state index contributed by atoms with van der Waals surface area (Å²) in [7, 11) is 0. The molecule has 0 bridgehead atoms. The minimum Gasteiger partial charge on any atom is -0.478 e. The molecular weight excluding hydrogens is 266 g/mol. The van der Waals surface area contributed by atoms with Crippen LogP contribution < -0.4 is 5.56 Å². The molecule has 0 saturated carbocycles. The highest BCUT2D eigenvalue weighted by Crippen LogP contribution is 2.10. The number of carboxylic acid groups (broad SMARTS) is 1. The van der Waals surface area contributed by atoms with Crippen LogP contribution in [0.5, 0.6) is 0 Å². The maximum Gasteiger partial charge on any atom is 0.337 e. The van der Waals surface area contributed by atoms with Gasteiger partial charge >= 0.3 is 5.97 Å². The van der Waals surface area contributed by atoms with E-state index in [-0.39, 0.29) is 11.1 Å². The molecule has 0 spiro atoms. The van der Waals surface area contributed by atoms with Crippen LogP contribution >= 0.6 is 11.6 Å². The molecule has 0 radical (unpaired) electrons. The van der Waals surface area contributed by atoms with E-state index in [1.54, 1.807) is 12.1 Å². The second-order valence-corrected chi connectivity index (χ2v) is 4.57. The Morgan fingerprint density at radius 1 is 1.16 bits per heavy atom. The minimum absolute atomic E-state index is 0.107. The predicted molar refractivity (Wildman–Crippen MR) is 72.8 cm³/mol. The summed E-state index contributed by atoms with van der Waals surface area (Å²) < 4.78 is 1.40. The molecule has 1 heterocycles. The Balaban J connectivity index is 2.15. The van der Waals surface area contributed by atoms with E-state index in [4.69, 9.17) is 16.7 Å². The number of halogens is 1. The second kappa shape index (κ2) is 5.71. The van der Waals surface area contributed by atoms with Crippen LogP contribution in [-0.4, -0.2) is 15.6 Å². The molecule has 0 aliphatic carbocycles. The van der Waals surface area contributed by atoms with Crippen LogP contribution in [0.1, 0.15) is 15.9 Å². The maximum absolute atomic E-state index is 11.6. The third kappa shape index (κ3) is 3.45. The lowest BCUT2D eigenvalue weighted by Crippen LogP contribution is -2.21. The van der Waals surface area contributed by atoms with Crippen LogP contribution in [0, 0.1) is 0 Å². The number of hydrogen-bond donors (Lipinski definition) is 1. The lowest BCUT2D eigenvalue weighted by atomic mass is 10.1. The molecule has 0 aliphatic rings. The number of benzene rings is 1.